The Morgan fingerprint density at radius 3 is 1.13 bits per heavy atom. The fourth-order valence-corrected chi connectivity index (χ4v) is 10.4. The fourth-order valence-electron chi connectivity index (χ4n) is 9.68. The van der Waals surface area contributed by atoms with Crippen molar-refractivity contribution in [3.05, 3.63) is 12.2 Å². The highest BCUT2D eigenvalue weighted by atomic mass is 31.2. The van der Waals surface area contributed by atoms with Gasteiger partial charge in [-0.25, -0.2) is 4.57 Å². The smallest absolute Gasteiger partial charge is 0.390 e. The summed E-state index contributed by atoms with van der Waals surface area (Å²) >= 11 is 0. The number of unbranched alkanes of at least 4 members (excludes halogenated alkanes) is 42. The number of rotatable bonds is 58. The number of carbonyl (C=O) groups is 1. The van der Waals surface area contributed by atoms with E-state index in [1.165, 1.54) is 250 Å². The van der Waals surface area contributed by atoms with E-state index < -0.39 is 32.7 Å². The molecular formula is C61H124N2O7P+. The largest absolute Gasteiger partial charge is 0.472 e. The first-order chi connectivity index (χ1) is 34.4. The van der Waals surface area contributed by atoms with Gasteiger partial charge in [0.25, 0.3) is 0 Å². The molecule has 0 fully saturated rings. The van der Waals surface area contributed by atoms with Gasteiger partial charge in [0.05, 0.1) is 39.9 Å². The van der Waals surface area contributed by atoms with E-state index >= 15 is 0 Å². The predicted molar refractivity (Wildman–Crippen MR) is 306 cm³/mol. The Bertz CT molecular complexity index is 1180. The summed E-state index contributed by atoms with van der Waals surface area (Å²) in [6, 6.07) is -1.05. The normalized spacial score (nSPS) is 14.3. The molecule has 0 spiro atoms. The van der Waals surface area contributed by atoms with Crippen LogP contribution in [0.15, 0.2) is 12.2 Å². The SMILES string of the molecule is CCCCCCCCC/C=C/CCCC(O)C(O)C(COP(=O)(O)OCC[N+](C)(C)C)NC(=O)CCCCCCCCCCCCCCCCCCCCCCCCCCCCCCCCCCCCC. The van der Waals surface area contributed by atoms with Crippen LogP contribution in [0.4, 0.5) is 0 Å². The lowest BCUT2D eigenvalue weighted by molar-refractivity contribution is -0.870. The third kappa shape index (κ3) is 53.8. The molecule has 71 heavy (non-hydrogen) atoms. The number of nitrogens with zero attached hydrogens (tertiary/aromatic N) is 1. The van der Waals surface area contributed by atoms with Crippen LogP contribution in [0.2, 0.25) is 0 Å². The number of hydrogen-bond acceptors (Lipinski definition) is 6. The number of hydrogen-bond donors (Lipinski definition) is 4. The van der Waals surface area contributed by atoms with Gasteiger partial charge in [-0.2, -0.15) is 0 Å². The molecule has 4 unspecified atom stereocenters. The first kappa shape index (κ1) is 70.2. The number of aliphatic hydroxyl groups excluding tert-OH is 2. The van der Waals surface area contributed by atoms with Crippen molar-refractivity contribution in [1.82, 2.24) is 5.32 Å². The van der Waals surface area contributed by atoms with Gasteiger partial charge in [0.1, 0.15) is 19.3 Å². The van der Waals surface area contributed by atoms with Crippen LogP contribution in [0, 0.1) is 0 Å². The Labute approximate surface area is 442 Å². The number of amides is 1. The summed E-state index contributed by atoms with van der Waals surface area (Å²) in [5, 5.41) is 24.8. The average Bonchev–Trinajstić information content (AvgIpc) is 3.33. The van der Waals surface area contributed by atoms with Crippen molar-refractivity contribution >= 4 is 13.7 Å². The Morgan fingerprint density at radius 1 is 0.479 bits per heavy atom. The molecule has 4 atom stereocenters. The van der Waals surface area contributed by atoms with Crippen LogP contribution in [0.1, 0.15) is 316 Å². The highest BCUT2D eigenvalue weighted by Crippen LogP contribution is 2.43. The van der Waals surface area contributed by atoms with Gasteiger partial charge in [0, 0.05) is 6.42 Å². The van der Waals surface area contributed by atoms with Crippen LogP contribution >= 0.6 is 7.82 Å². The van der Waals surface area contributed by atoms with Crippen molar-refractivity contribution in [2.24, 2.45) is 0 Å². The van der Waals surface area contributed by atoms with Crippen LogP contribution < -0.4 is 5.32 Å². The Morgan fingerprint density at radius 2 is 0.789 bits per heavy atom. The molecule has 10 heteroatoms. The molecular weight excluding hydrogens is 904 g/mol. The molecule has 0 heterocycles. The minimum Gasteiger partial charge on any atom is -0.390 e. The zero-order chi connectivity index (χ0) is 52.2. The van der Waals surface area contributed by atoms with E-state index in [1.54, 1.807) is 0 Å². The maximum atomic E-state index is 13.0. The van der Waals surface area contributed by atoms with Gasteiger partial charge < -0.3 is 24.9 Å². The second-order valence-electron chi connectivity index (χ2n) is 22.9. The van der Waals surface area contributed by atoms with Gasteiger partial charge in [-0.05, 0) is 38.5 Å². The summed E-state index contributed by atoms with van der Waals surface area (Å²) in [7, 11) is 1.43. The third-order valence-corrected chi connectivity index (χ3v) is 15.6. The lowest BCUT2D eigenvalue weighted by atomic mass is 10.0. The fraction of sp³-hybridized carbons (Fsp3) is 0.951. The molecule has 0 saturated carbocycles. The summed E-state index contributed by atoms with van der Waals surface area (Å²) in [6.07, 6.45) is 62.0. The van der Waals surface area contributed by atoms with Crippen LogP contribution in [0.5, 0.6) is 0 Å². The molecule has 4 N–H and O–H groups in total. The van der Waals surface area contributed by atoms with E-state index in [4.69, 9.17) is 9.05 Å². The molecule has 0 radical (unpaired) electrons. The molecule has 0 bridgehead atoms. The molecule has 424 valence electrons. The Balaban J connectivity index is 3.96. The van der Waals surface area contributed by atoms with Gasteiger partial charge in [-0.1, -0.05) is 283 Å². The van der Waals surface area contributed by atoms with Gasteiger partial charge in [0.15, 0.2) is 0 Å². The number of phosphoric ester groups is 1. The minimum absolute atomic E-state index is 0.0196. The predicted octanol–water partition coefficient (Wildman–Crippen LogP) is 18.0. The monoisotopic (exact) mass is 1030 g/mol. The highest BCUT2D eigenvalue weighted by Gasteiger charge is 2.32. The number of aliphatic hydroxyl groups is 2. The molecule has 0 rings (SSSR count). The molecule has 0 aliphatic heterocycles. The van der Waals surface area contributed by atoms with Crippen molar-refractivity contribution < 1.29 is 38.0 Å². The number of allylic oxidation sites excluding steroid dienone is 2. The van der Waals surface area contributed by atoms with E-state index in [0.29, 0.717) is 30.3 Å². The van der Waals surface area contributed by atoms with Crippen molar-refractivity contribution in [2.45, 2.75) is 334 Å². The summed E-state index contributed by atoms with van der Waals surface area (Å²) in [6.45, 7) is 4.62. The molecule has 0 aromatic carbocycles. The van der Waals surface area contributed by atoms with Gasteiger partial charge in [-0.15, -0.1) is 0 Å². The van der Waals surface area contributed by atoms with E-state index in [2.05, 4.69) is 31.3 Å². The first-order valence-corrected chi connectivity index (χ1v) is 32.6. The third-order valence-electron chi connectivity index (χ3n) is 14.6. The van der Waals surface area contributed by atoms with Gasteiger partial charge in [0.2, 0.25) is 5.91 Å². The van der Waals surface area contributed by atoms with E-state index in [9.17, 15) is 24.5 Å². The number of likely N-dealkylation sites (N-methyl/N-ethyl adjacent to an activating group) is 1. The van der Waals surface area contributed by atoms with Crippen LogP contribution in [0.25, 0.3) is 0 Å². The van der Waals surface area contributed by atoms with Crippen molar-refractivity contribution in [3.63, 3.8) is 0 Å². The molecule has 0 aromatic rings. The van der Waals surface area contributed by atoms with E-state index in [1.807, 2.05) is 21.1 Å². The minimum atomic E-state index is -4.43. The topological polar surface area (TPSA) is 125 Å². The van der Waals surface area contributed by atoms with E-state index in [-0.39, 0.29) is 12.5 Å². The zero-order valence-corrected chi connectivity index (χ0v) is 49.0. The maximum Gasteiger partial charge on any atom is 0.472 e. The lowest BCUT2D eigenvalue weighted by Gasteiger charge is -2.28. The Hall–Kier alpha value is -0.800. The molecule has 0 aliphatic carbocycles. The summed E-state index contributed by atoms with van der Waals surface area (Å²) < 4.78 is 23.6. The number of nitrogens with one attached hydrogen (secondary N) is 1. The maximum absolute atomic E-state index is 13.0. The van der Waals surface area contributed by atoms with Crippen molar-refractivity contribution in [1.29, 1.82) is 0 Å². The molecule has 0 saturated heterocycles. The second-order valence-corrected chi connectivity index (χ2v) is 24.4. The highest BCUT2D eigenvalue weighted by molar-refractivity contribution is 7.47. The lowest BCUT2D eigenvalue weighted by Crippen LogP contribution is -2.51. The summed E-state index contributed by atoms with van der Waals surface area (Å²) in [4.78, 5) is 23.3. The van der Waals surface area contributed by atoms with Gasteiger partial charge >= 0.3 is 7.82 Å². The number of carbonyl (C=O) groups excluding carboxylic acids is 1. The van der Waals surface area contributed by atoms with Crippen molar-refractivity contribution in [2.75, 3.05) is 40.9 Å². The standard InChI is InChI=1S/C61H123N2O7P/c1-6-8-10-12-14-16-18-20-21-22-23-24-25-26-27-28-29-30-31-32-33-34-35-36-37-38-39-40-41-42-44-46-48-50-52-54-60(65)62-58(57-70-71(67,68)69-56-55-63(3,4)5)61(66)59(64)53-51-49-47-45-43-19-17-15-13-11-9-7-2/h45,47,58-59,61,64,66H,6-44,46,48-57H2,1-5H3,(H-,62,65,67,68)/p+1/b47-45+. The summed E-state index contributed by atoms with van der Waals surface area (Å²) in [5.41, 5.74) is 0. The second kappa shape index (κ2) is 52.6. The van der Waals surface area contributed by atoms with Gasteiger partial charge in [-0.3, -0.25) is 13.8 Å². The summed E-state index contributed by atoms with van der Waals surface area (Å²) in [5.74, 6) is -0.261. The Kier molecular flexibility index (Phi) is 52.0. The van der Waals surface area contributed by atoms with Crippen LogP contribution in [-0.4, -0.2) is 84.6 Å². The zero-order valence-electron chi connectivity index (χ0n) is 48.1. The number of phosphoric acid groups is 1. The average molecular weight is 1030 g/mol. The molecule has 0 aromatic heterocycles. The number of quaternary nitrogens is 1. The van der Waals surface area contributed by atoms with Crippen LogP contribution in [0.3, 0.4) is 0 Å². The molecule has 1 amide bonds. The quantitative estimate of drug-likeness (QED) is 0.0207. The first-order valence-electron chi connectivity index (χ1n) is 31.1. The molecule has 0 aliphatic rings. The van der Waals surface area contributed by atoms with Crippen LogP contribution in [-0.2, 0) is 18.4 Å². The van der Waals surface area contributed by atoms with E-state index in [0.717, 1.165) is 32.1 Å². The molecule has 9 nitrogen and oxygen atoms in total. The van der Waals surface area contributed by atoms with Crippen molar-refractivity contribution in [3.8, 4) is 0 Å².